The van der Waals surface area contributed by atoms with Gasteiger partial charge in [0.25, 0.3) is 0 Å². The van der Waals surface area contributed by atoms with Crippen molar-refractivity contribution in [1.82, 2.24) is 4.90 Å². The van der Waals surface area contributed by atoms with Crippen molar-refractivity contribution < 1.29 is 9.53 Å². The molecule has 0 aliphatic carbocycles. The fourth-order valence-electron chi connectivity index (χ4n) is 6.08. The second kappa shape index (κ2) is 34.7. The van der Waals surface area contributed by atoms with Gasteiger partial charge in [-0.3, -0.25) is 4.79 Å². The third-order valence-electron chi connectivity index (χ3n) is 9.33. The summed E-state index contributed by atoms with van der Waals surface area (Å²) < 4.78 is 6.03. The molecule has 0 aromatic carbocycles. The van der Waals surface area contributed by atoms with Crippen LogP contribution in [0.5, 0.6) is 0 Å². The molecule has 0 aromatic rings. The van der Waals surface area contributed by atoms with Crippen LogP contribution in [0.3, 0.4) is 0 Å². The predicted octanol–water partition coefficient (Wildman–Crippen LogP) is 13.4. The zero-order valence-corrected chi connectivity index (χ0v) is 30.9. The smallest absolute Gasteiger partial charge is 0.307 e. The highest BCUT2D eigenvalue weighted by molar-refractivity contribution is 5.69. The fraction of sp³-hybridized carbons (Fsp3) is 0.791. The van der Waals surface area contributed by atoms with Crippen molar-refractivity contribution in [1.29, 1.82) is 0 Å². The number of nitrogens with zero attached hydrogens (tertiary/aromatic N) is 1. The van der Waals surface area contributed by atoms with Crippen LogP contribution < -0.4 is 0 Å². The quantitative estimate of drug-likeness (QED) is 0.0398. The Kier molecular flexibility index (Phi) is 32.0. The van der Waals surface area contributed by atoms with Crippen molar-refractivity contribution in [2.24, 2.45) is 0 Å². The molecule has 266 valence electrons. The molecule has 1 aliphatic heterocycles. The Hall–Kier alpha value is -1.61. The summed E-state index contributed by atoms with van der Waals surface area (Å²) in [6.45, 7) is 7.70. The lowest BCUT2D eigenvalue weighted by molar-refractivity contribution is -0.150. The Morgan fingerprint density at radius 3 is 1.33 bits per heavy atom. The molecule has 1 fully saturated rings. The zero-order valence-electron chi connectivity index (χ0n) is 30.9. The Labute approximate surface area is 287 Å². The molecule has 1 heterocycles. The number of unbranched alkanes of at least 4 members (excludes halogenated alkanes) is 18. The van der Waals surface area contributed by atoms with Gasteiger partial charge in [0.05, 0.1) is 6.42 Å². The average Bonchev–Trinajstić information content (AvgIpc) is 3.03. The van der Waals surface area contributed by atoms with E-state index in [1.807, 2.05) is 0 Å². The van der Waals surface area contributed by atoms with Crippen molar-refractivity contribution >= 4 is 5.97 Å². The van der Waals surface area contributed by atoms with Crippen LogP contribution in [0.4, 0.5) is 0 Å². The van der Waals surface area contributed by atoms with Crippen LogP contribution in [0.1, 0.15) is 194 Å². The number of ether oxygens (including phenoxy) is 1. The maximum Gasteiger partial charge on any atom is 0.307 e. The van der Waals surface area contributed by atoms with Crippen molar-refractivity contribution in [2.45, 2.75) is 200 Å². The third-order valence-corrected chi connectivity index (χ3v) is 9.33. The fourth-order valence-corrected chi connectivity index (χ4v) is 6.08. The lowest BCUT2D eigenvalue weighted by atomic mass is 10.0. The van der Waals surface area contributed by atoms with E-state index in [0.717, 1.165) is 45.3 Å². The maximum absolute atomic E-state index is 12.6. The van der Waals surface area contributed by atoms with Gasteiger partial charge in [-0.05, 0) is 109 Å². The average molecular weight is 640 g/mol. The number of esters is 1. The number of hydrogen-bond acceptors (Lipinski definition) is 3. The standard InChI is InChI=1S/C43H77NO2/c1-3-5-7-9-11-13-15-17-19-21-23-25-27-29-31-33-36-42(46-43(45)38-41-44-39-35-40-44)37-34-32-30-28-26-24-22-20-18-16-14-12-10-8-6-4-2/h11-14,17-20,42H,3-10,15-16,21-41H2,1-2H3/b13-11-,14-12-,19-17-,20-18-. The lowest BCUT2D eigenvalue weighted by Gasteiger charge is -2.30. The van der Waals surface area contributed by atoms with Gasteiger partial charge in [0, 0.05) is 6.54 Å². The van der Waals surface area contributed by atoms with E-state index in [1.54, 1.807) is 0 Å². The molecule has 3 heteroatoms. The maximum atomic E-state index is 12.6. The molecule has 0 spiro atoms. The zero-order chi connectivity index (χ0) is 33.0. The van der Waals surface area contributed by atoms with Crippen LogP contribution in [-0.2, 0) is 9.53 Å². The summed E-state index contributed by atoms with van der Waals surface area (Å²) in [5.41, 5.74) is 0. The summed E-state index contributed by atoms with van der Waals surface area (Å²) in [5.74, 6) is 0.0250. The Morgan fingerprint density at radius 1 is 0.543 bits per heavy atom. The van der Waals surface area contributed by atoms with E-state index < -0.39 is 0 Å². The van der Waals surface area contributed by atoms with E-state index in [9.17, 15) is 4.79 Å². The SMILES string of the molecule is CCCCC/C=C\C/C=C\CCCCCCCCC(CCCCCCCC/C=C\C/C=C\CCCCC)OC(=O)CCN1CCC1. The first-order chi connectivity index (χ1) is 22.8. The first-order valence-corrected chi connectivity index (χ1v) is 20.3. The van der Waals surface area contributed by atoms with Crippen molar-refractivity contribution in [3.8, 4) is 0 Å². The third kappa shape index (κ3) is 29.8. The molecule has 1 aliphatic rings. The molecular formula is C43H77NO2. The molecule has 0 radical (unpaired) electrons. The molecule has 46 heavy (non-hydrogen) atoms. The van der Waals surface area contributed by atoms with Gasteiger partial charge in [0.2, 0.25) is 0 Å². The van der Waals surface area contributed by atoms with Gasteiger partial charge < -0.3 is 9.64 Å². The number of likely N-dealkylation sites (tertiary alicyclic amines) is 1. The summed E-state index contributed by atoms with van der Waals surface area (Å²) in [4.78, 5) is 14.9. The van der Waals surface area contributed by atoms with Crippen LogP contribution in [0.2, 0.25) is 0 Å². The van der Waals surface area contributed by atoms with Crippen molar-refractivity contribution in [3.63, 3.8) is 0 Å². The second-order valence-corrected chi connectivity index (χ2v) is 13.8. The van der Waals surface area contributed by atoms with Gasteiger partial charge in [-0.1, -0.05) is 140 Å². The number of rotatable bonds is 34. The van der Waals surface area contributed by atoms with Crippen molar-refractivity contribution in [3.05, 3.63) is 48.6 Å². The lowest BCUT2D eigenvalue weighted by Crippen LogP contribution is -2.38. The van der Waals surface area contributed by atoms with Crippen molar-refractivity contribution in [2.75, 3.05) is 19.6 Å². The molecule has 0 aromatic heterocycles. The highest BCUT2D eigenvalue weighted by atomic mass is 16.5. The van der Waals surface area contributed by atoms with Gasteiger partial charge in [0.1, 0.15) is 6.10 Å². The summed E-state index contributed by atoms with van der Waals surface area (Å²) in [7, 11) is 0. The van der Waals surface area contributed by atoms with Crippen LogP contribution >= 0.6 is 0 Å². The van der Waals surface area contributed by atoms with Crippen LogP contribution in [-0.4, -0.2) is 36.6 Å². The molecule has 1 saturated heterocycles. The van der Waals surface area contributed by atoms with E-state index in [1.165, 1.54) is 148 Å². The molecular weight excluding hydrogens is 562 g/mol. The first-order valence-electron chi connectivity index (χ1n) is 20.3. The highest BCUT2D eigenvalue weighted by Gasteiger charge is 2.18. The van der Waals surface area contributed by atoms with E-state index in [2.05, 4.69) is 67.4 Å². The molecule has 3 nitrogen and oxygen atoms in total. The molecule has 0 bridgehead atoms. The Balaban J connectivity index is 2.10. The van der Waals surface area contributed by atoms with Gasteiger partial charge in [-0.2, -0.15) is 0 Å². The number of carbonyl (C=O) groups excluding carboxylic acids is 1. The minimum atomic E-state index is 0.0250. The first kappa shape index (κ1) is 42.4. The van der Waals surface area contributed by atoms with E-state index in [-0.39, 0.29) is 12.1 Å². The Morgan fingerprint density at radius 2 is 0.935 bits per heavy atom. The summed E-state index contributed by atoms with van der Waals surface area (Å²) in [6.07, 6.45) is 53.3. The number of allylic oxidation sites excluding steroid dienone is 8. The highest BCUT2D eigenvalue weighted by Crippen LogP contribution is 2.18. The van der Waals surface area contributed by atoms with Crippen LogP contribution in [0, 0.1) is 0 Å². The second-order valence-electron chi connectivity index (χ2n) is 13.8. The van der Waals surface area contributed by atoms with E-state index in [0.29, 0.717) is 6.42 Å². The van der Waals surface area contributed by atoms with Gasteiger partial charge in [-0.25, -0.2) is 0 Å². The normalized spacial score (nSPS) is 14.2. The minimum absolute atomic E-state index is 0.0250. The number of carbonyl (C=O) groups is 1. The summed E-state index contributed by atoms with van der Waals surface area (Å²) in [5, 5.41) is 0. The topological polar surface area (TPSA) is 29.5 Å². The largest absolute Gasteiger partial charge is 0.462 e. The van der Waals surface area contributed by atoms with Gasteiger partial charge in [-0.15, -0.1) is 0 Å². The molecule has 0 saturated carbocycles. The van der Waals surface area contributed by atoms with E-state index >= 15 is 0 Å². The molecule has 0 unspecified atom stereocenters. The van der Waals surface area contributed by atoms with Gasteiger partial charge in [0.15, 0.2) is 0 Å². The van der Waals surface area contributed by atoms with Gasteiger partial charge >= 0.3 is 5.97 Å². The Bertz CT molecular complexity index is 715. The monoisotopic (exact) mass is 640 g/mol. The predicted molar refractivity (Wildman–Crippen MR) is 204 cm³/mol. The molecule has 0 amide bonds. The molecule has 0 N–H and O–H groups in total. The molecule has 1 rings (SSSR count). The molecule has 0 atom stereocenters. The van der Waals surface area contributed by atoms with Crippen LogP contribution in [0.25, 0.3) is 0 Å². The summed E-state index contributed by atoms with van der Waals surface area (Å²) in [6, 6.07) is 0. The number of hydrogen-bond donors (Lipinski definition) is 0. The van der Waals surface area contributed by atoms with Crippen LogP contribution in [0.15, 0.2) is 48.6 Å². The minimum Gasteiger partial charge on any atom is -0.462 e. The van der Waals surface area contributed by atoms with E-state index in [4.69, 9.17) is 4.74 Å². The summed E-state index contributed by atoms with van der Waals surface area (Å²) >= 11 is 0.